The van der Waals surface area contributed by atoms with Crippen molar-refractivity contribution in [2.75, 3.05) is 6.61 Å². The van der Waals surface area contributed by atoms with Gasteiger partial charge in [-0.3, -0.25) is 14.4 Å². The van der Waals surface area contributed by atoms with Crippen LogP contribution in [-0.2, 0) is 28.6 Å². The summed E-state index contributed by atoms with van der Waals surface area (Å²) in [7, 11) is 0. The predicted molar refractivity (Wildman–Crippen MR) is 124 cm³/mol. The first kappa shape index (κ1) is 30.1. The molecule has 0 saturated carbocycles. The summed E-state index contributed by atoms with van der Waals surface area (Å²) >= 11 is 0. The predicted octanol–water partition coefficient (Wildman–Crippen LogP) is 5.38. The molecule has 32 heavy (non-hydrogen) atoms. The average Bonchev–Trinajstić information content (AvgIpc) is 2.73. The van der Waals surface area contributed by atoms with Gasteiger partial charge in [0.1, 0.15) is 0 Å². The van der Waals surface area contributed by atoms with Gasteiger partial charge >= 0.3 is 17.9 Å². The summed E-state index contributed by atoms with van der Waals surface area (Å²) in [6.07, 6.45) is 17.2. The van der Waals surface area contributed by atoms with Gasteiger partial charge in [0.2, 0.25) is 0 Å². The summed E-state index contributed by atoms with van der Waals surface area (Å²) in [5.74, 6) is -1.93. The molecule has 0 aliphatic rings. The van der Waals surface area contributed by atoms with Crippen LogP contribution in [-0.4, -0.2) is 42.0 Å². The summed E-state index contributed by atoms with van der Waals surface area (Å²) < 4.78 is 14.8. The van der Waals surface area contributed by atoms with Crippen LogP contribution in [0.4, 0.5) is 0 Å². The highest BCUT2D eigenvalue weighted by atomic mass is 16.7. The lowest BCUT2D eigenvalue weighted by Gasteiger charge is -2.24. The molecular formula is C25H44O7. The molecule has 186 valence electrons. The van der Waals surface area contributed by atoms with E-state index in [1.54, 1.807) is 0 Å². The van der Waals surface area contributed by atoms with Crippen LogP contribution in [0.25, 0.3) is 0 Å². The molecule has 0 rings (SSSR count). The van der Waals surface area contributed by atoms with Gasteiger partial charge in [0.05, 0.1) is 6.61 Å². The molecule has 0 amide bonds. The molecule has 0 radical (unpaired) electrons. The van der Waals surface area contributed by atoms with Gasteiger partial charge in [-0.1, -0.05) is 70.4 Å². The molecule has 0 saturated heterocycles. The molecule has 7 nitrogen and oxygen atoms in total. The number of esters is 3. The van der Waals surface area contributed by atoms with Gasteiger partial charge in [0.25, 0.3) is 6.29 Å². The Kier molecular flexibility index (Phi) is 19.7. The van der Waals surface area contributed by atoms with Crippen molar-refractivity contribution in [1.82, 2.24) is 0 Å². The average molecular weight is 457 g/mol. The quantitative estimate of drug-likeness (QED) is 0.114. The Balaban J connectivity index is 3.84. The van der Waals surface area contributed by atoms with Crippen LogP contribution in [0.15, 0.2) is 12.2 Å². The van der Waals surface area contributed by atoms with E-state index in [1.807, 2.05) is 0 Å². The number of allylic oxidation sites excluding steroid dienone is 2. The zero-order valence-corrected chi connectivity index (χ0v) is 20.3. The van der Waals surface area contributed by atoms with Crippen molar-refractivity contribution in [3.05, 3.63) is 12.2 Å². The van der Waals surface area contributed by atoms with Crippen molar-refractivity contribution in [1.29, 1.82) is 0 Å². The third kappa shape index (κ3) is 18.8. The van der Waals surface area contributed by atoms with Gasteiger partial charge in [-0.25, -0.2) is 0 Å². The van der Waals surface area contributed by atoms with Gasteiger partial charge in [-0.05, 0) is 32.1 Å². The van der Waals surface area contributed by atoms with E-state index in [9.17, 15) is 19.5 Å². The Morgan fingerprint density at radius 3 is 1.72 bits per heavy atom. The molecule has 0 aromatic carbocycles. The van der Waals surface area contributed by atoms with Crippen molar-refractivity contribution in [3.63, 3.8) is 0 Å². The highest BCUT2D eigenvalue weighted by molar-refractivity contribution is 5.70. The Morgan fingerprint density at radius 1 is 0.719 bits per heavy atom. The molecular weight excluding hydrogens is 412 g/mol. The summed E-state index contributed by atoms with van der Waals surface area (Å²) in [6, 6.07) is 0. The van der Waals surface area contributed by atoms with E-state index in [0.29, 0.717) is 6.42 Å². The van der Waals surface area contributed by atoms with Crippen molar-refractivity contribution >= 4 is 17.9 Å². The number of carbonyl (C=O) groups excluding carboxylic acids is 3. The van der Waals surface area contributed by atoms with Gasteiger partial charge in [0.15, 0.2) is 6.10 Å². The number of hydrogen-bond acceptors (Lipinski definition) is 7. The number of rotatable bonds is 20. The molecule has 2 unspecified atom stereocenters. The Labute approximate surface area is 193 Å². The molecule has 0 aromatic rings. The molecule has 1 N–H and O–H groups in total. The lowest BCUT2D eigenvalue weighted by molar-refractivity contribution is -0.216. The maximum Gasteiger partial charge on any atom is 0.309 e. The van der Waals surface area contributed by atoms with E-state index in [2.05, 4.69) is 19.1 Å². The summed E-state index contributed by atoms with van der Waals surface area (Å²) in [5.41, 5.74) is 0. The Bertz CT molecular complexity index is 530. The Morgan fingerprint density at radius 2 is 1.22 bits per heavy atom. The standard InChI is InChI=1S/C25H44O7/c1-4-5-6-7-8-9-10-11-12-13-14-15-16-17-18-19-24(29)32-25(31-22(3)28)23(20-26)30-21(2)27/h11-12,23,25-26H,4-10,13-20H2,1-3H3/b12-11-. The van der Waals surface area contributed by atoms with Crippen LogP contribution in [0.5, 0.6) is 0 Å². The maximum absolute atomic E-state index is 12.0. The van der Waals surface area contributed by atoms with Crippen LogP contribution >= 0.6 is 0 Å². The van der Waals surface area contributed by atoms with E-state index >= 15 is 0 Å². The molecule has 0 fully saturated rings. The minimum atomic E-state index is -1.45. The van der Waals surface area contributed by atoms with E-state index in [-0.39, 0.29) is 6.42 Å². The smallest absolute Gasteiger partial charge is 0.309 e. The van der Waals surface area contributed by atoms with Gasteiger partial charge in [-0.15, -0.1) is 0 Å². The fourth-order valence-electron chi connectivity index (χ4n) is 3.26. The number of aliphatic hydroxyl groups excluding tert-OH is 1. The van der Waals surface area contributed by atoms with Crippen LogP contribution in [0, 0.1) is 0 Å². The number of unbranched alkanes of at least 4 members (excludes halogenated alkanes) is 11. The third-order valence-corrected chi connectivity index (χ3v) is 4.97. The largest absolute Gasteiger partial charge is 0.452 e. The first-order valence-corrected chi connectivity index (χ1v) is 12.2. The first-order chi connectivity index (χ1) is 15.4. The topological polar surface area (TPSA) is 99.1 Å². The highest BCUT2D eigenvalue weighted by Crippen LogP contribution is 2.13. The second-order valence-electron chi connectivity index (χ2n) is 8.13. The zero-order valence-electron chi connectivity index (χ0n) is 20.3. The minimum absolute atomic E-state index is 0.175. The minimum Gasteiger partial charge on any atom is -0.452 e. The number of aliphatic hydroxyl groups is 1. The van der Waals surface area contributed by atoms with E-state index in [0.717, 1.165) is 46.0 Å². The third-order valence-electron chi connectivity index (χ3n) is 4.97. The lowest BCUT2D eigenvalue weighted by Crippen LogP contribution is -2.40. The highest BCUT2D eigenvalue weighted by Gasteiger charge is 2.30. The SMILES string of the molecule is CCCCCCCC/C=C\CCCCCCCC(=O)OC(OC(C)=O)C(CO)OC(C)=O. The molecule has 0 spiro atoms. The van der Waals surface area contributed by atoms with E-state index in [1.165, 1.54) is 44.9 Å². The normalized spacial score (nSPS) is 13.0. The van der Waals surface area contributed by atoms with Crippen molar-refractivity contribution in [2.24, 2.45) is 0 Å². The van der Waals surface area contributed by atoms with E-state index < -0.39 is 36.9 Å². The van der Waals surface area contributed by atoms with Gasteiger partial charge in [-0.2, -0.15) is 0 Å². The lowest BCUT2D eigenvalue weighted by atomic mass is 10.1. The van der Waals surface area contributed by atoms with E-state index in [4.69, 9.17) is 14.2 Å². The first-order valence-electron chi connectivity index (χ1n) is 12.2. The molecule has 0 aromatic heterocycles. The molecule has 7 heteroatoms. The van der Waals surface area contributed by atoms with Crippen LogP contribution < -0.4 is 0 Å². The fourth-order valence-corrected chi connectivity index (χ4v) is 3.26. The van der Waals surface area contributed by atoms with Crippen LogP contribution in [0.2, 0.25) is 0 Å². The van der Waals surface area contributed by atoms with Gasteiger partial charge < -0.3 is 19.3 Å². The Hall–Kier alpha value is -1.89. The number of carbonyl (C=O) groups is 3. The van der Waals surface area contributed by atoms with Crippen molar-refractivity contribution in [2.45, 2.75) is 123 Å². The summed E-state index contributed by atoms with van der Waals surface area (Å²) in [4.78, 5) is 34.3. The van der Waals surface area contributed by atoms with Crippen LogP contribution in [0.3, 0.4) is 0 Å². The monoisotopic (exact) mass is 456 g/mol. The maximum atomic E-state index is 12.0. The zero-order chi connectivity index (χ0) is 24.0. The van der Waals surface area contributed by atoms with Crippen molar-refractivity contribution in [3.8, 4) is 0 Å². The number of ether oxygens (including phenoxy) is 3. The summed E-state index contributed by atoms with van der Waals surface area (Å²) in [5, 5.41) is 9.32. The van der Waals surface area contributed by atoms with Crippen molar-refractivity contribution < 1.29 is 33.7 Å². The molecule has 2 atom stereocenters. The fraction of sp³-hybridized carbons (Fsp3) is 0.800. The summed E-state index contributed by atoms with van der Waals surface area (Å²) in [6.45, 7) is 3.91. The number of hydrogen-bond donors (Lipinski definition) is 1. The second kappa shape index (κ2) is 21.0. The molecule has 0 aliphatic carbocycles. The molecule has 0 bridgehead atoms. The van der Waals surface area contributed by atoms with Gasteiger partial charge in [0, 0.05) is 20.3 Å². The molecule has 0 aliphatic heterocycles. The van der Waals surface area contributed by atoms with Crippen LogP contribution in [0.1, 0.15) is 111 Å². The molecule has 0 heterocycles. The second-order valence-corrected chi connectivity index (χ2v) is 8.13.